The molecule has 0 aliphatic carbocycles. The van der Waals surface area contributed by atoms with Crippen LogP contribution in [0.5, 0.6) is 0 Å². The fraction of sp³-hybridized carbons (Fsp3) is 1.00. The molecule has 0 aliphatic heterocycles. The summed E-state index contributed by atoms with van der Waals surface area (Å²) in [5, 5.41) is 0. The zero-order chi connectivity index (χ0) is 7.11. The van der Waals surface area contributed by atoms with Crippen molar-refractivity contribution in [3.63, 3.8) is 0 Å². The molecule has 0 fully saturated rings. The van der Waals surface area contributed by atoms with Crippen LogP contribution in [-0.4, -0.2) is 7.12 Å². The van der Waals surface area contributed by atoms with Crippen LogP contribution in [0.25, 0.3) is 0 Å². The Morgan fingerprint density at radius 2 is 1.89 bits per heavy atom. The average molecular weight is 132 g/mol. The van der Waals surface area contributed by atoms with Gasteiger partial charge in [-0.05, 0) is 6.32 Å². The van der Waals surface area contributed by atoms with Crippen LogP contribution in [0.3, 0.4) is 0 Å². The van der Waals surface area contributed by atoms with Crippen molar-refractivity contribution in [2.45, 2.75) is 26.1 Å². The fourth-order valence-electron chi connectivity index (χ4n) is 0.539. The lowest BCUT2D eigenvalue weighted by atomic mass is 9.83. The Balaban J connectivity index is 3.09. The van der Waals surface area contributed by atoms with Gasteiger partial charge in [-0.3, -0.25) is 0 Å². The molecule has 54 valence electrons. The second kappa shape index (κ2) is 6.03. The van der Waals surface area contributed by atoms with Gasteiger partial charge in [0.25, 0.3) is 0 Å². The van der Waals surface area contributed by atoms with Gasteiger partial charge in [-0.15, -0.1) is 0 Å². The van der Waals surface area contributed by atoms with Crippen LogP contribution in [0, 0.1) is 0 Å². The molecule has 9 heavy (non-hydrogen) atoms. The zero-order valence-corrected chi connectivity index (χ0v) is 5.67. The van der Waals surface area contributed by atoms with Crippen LogP contribution < -0.4 is 11.8 Å². The summed E-state index contributed by atoms with van der Waals surface area (Å²) in [4.78, 5) is 0. The topological polar surface area (TPSA) is 70.5 Å². The van der Waals surface area contributed by atoms with Gasteiger partial charge in [-0.1, -0.05) is 19.8 Å². The third-order valence-corrected chi connectivity index (χ3v) is 1.10. The molecule has 0 aromatic carbocycles. The molecule has 0 spiro atoms. The summed E-state index contributed by atoms with van der Waals surface area (Å²) in [5.41, 5.74) is 0. The highest BCUT2D eigenvalue weighted by atomic mass is 16.7. The Morgan fingerprint density at radius 1 is 1.33 bits per heavy atom. The molecule has 0 rings (SSSR count). The molecular weight excluding hydrogens is 119 g/mol. The number of nitrogens with two attached hydrogens (primary N) is 2. The van der Waals surface area contributed by atoms with E-state index in [1.807, 2.05) is 0 Å². The van der Waals surface area contributed by atoms with Gasteiger partial charge in [0, 0.05) is 0 Å². The number of unbranched alkanes of at least 4 members (excludes halogenated alkanes) is 1. The van der Waals surface area contributed by atoms with Crippen LogP contribution in [0.2, 0.25) is 6.32 Å². The molecule has 0 unspecified atom stereocenters. The Labute approximate surface area is 55.5 Å². The standard InChI is InChI=1S/C4H13BN2O2/c1-2-3-4-5(8-6)9-7/h2-4,6-7H2,1H3. The summed E-state index contributed by atoms with van der Waals surface area (Å²) in [6, 6.07) is 0. The van der Waals surface area contributed by atoms with Crippen LogP contribution in [-0.2, 0) is 9.51 Å². The molecule has 4 N–H and O–H groups in total. The molecule has 5 heteroatoms. The molecule has 0 aromatic heterocycles. The van der Waals surface area contributed by atoms with E-state index >= 15 is 0 Å². The summed E-state index contributed by atoms with van der Waals surface area (Å²) >= 11 is 0. The van der Waals surface area contributed by atoms with Crippen molar-refractivity contribution in [3.05, 3.63) is 0 Å². The average Bonchev–Trinajstić information content (AvgIpc) is 1.91. The largest absolute Gasteiger partial charge is 0.490 e. The van der Waals surface area contributed by atoms with Gasteiger partial charge in [0.05, 0.1) is 0 Å². The van der Waals surface area contributed by atoms with E-state index in [1.165, 1.54) is 0 Å². The third-order valence-electron chi connectivity index (χ3n) is 1.10. The van der Waals surface area contributed by atoms with Crippen molar-refractivity contribution >= 4 is 7.12 Å². The van der Waals surface area contributed by atoms with Crippen LogP contribution in [0.4, 0.5) is 0 Å². The molecule has 0 bridgehead atoms. The summed E-state index contributed by atoms with van der Waals surface area (Å²) in [6.45, 7) is 2.07. The molecule has 0 aliphatic rings. The lowest BCUT2D eigenvalue weighted by Gasteiger charge is -2.04. The van der Waals surface area contributed by atoms with Crippen LogP contribution in [0.15, 0.2) is 0 Å². The van der Waals surface area contributed by atoms with E-state index in [1.54, 1.807) is 0 Å². The minimum absolute atomic E-state index is 0.440. The number of hydrogen-bond acceptors (Lipinski definition) is 4. The second-order valence-corrected chi connectivity index (χ2v) is 1.84. The van der Waals surface area contributed by atoms with Crippen molar-refractivity contribution in [2.75, 3.05) is 0 Å². The summed E-state index contributed by atoms with van der Waals surface area (Å²) in [6.07, 6.45) is 2.85. The Bertz CT molecular complexity index is 60.5. The van der Waals surface area contributed by atoms with E-state index in [9.17, 15) is 0 Å². The van der Waals surface area contributed by atoms with Crippen LogP contribution in [0.1, 0.15) is 19.8 Å². The SMILES string of the molecule is CCCCB(ON)ON. The minimum Gasteiger partial charge on any atom is -0.328 e. The first-order chi connectivity index (χ1) is 4.35. The summed E-state index contributed by atoms with van der Waals surface area (Å²) in [7, 11) is -0.440. The Hall–Kier alpha value is -0.0951. The molecule has 0 amide bonds. The monoisotopic (exact) mass is 132 g/mol. The first kappa shape index (κ1) is 8.90. The van der Waals surface area contributed by atoms with E-state index < -0.39 is 7.12 Å². The van der Waals surface area contributed by atoms with Gasteiger partial charge < -0.3 is 9.51 Å². The fourth-order valence-corrected chi connectivity index (χ4v) is 0.539. The maximum absolute atomic E-state index is 4.82. The molecule has 0 saturated carbocycles. The minimum atomic E-state index is -0.440. The maximum Gasteiger partial charge on any atom is 0.490 e. The molecule has 0 atom stereocenters. The smallest absolute Gasteiger partial charge is 0.328 e. The predicted octanol–water partition coefficient (Wildman–Crippen LogP) is 0.0553. The highest BCUT2D eigenvalue weighted by Crippen LogP contribution is 1.99. The normalized spacial score (nSPS) is 9.67. The van der Waals surface area contributed by atoms with Crippen molar-refractivity contribution in [3.8, 4) is 0 Å². The predicted molar refractivity (Wildman–Crippen MR) is 36.0 cm³/mol. The molecular formula is C4H13BN2O2. The zero-order valence-electron chi connectivity index (χ0n) is 5.67. The van der Waals surface area contributed by atoms with Gasteiger partial charge in [-0.2, -0.15) is 0 Å². The van der Waals surface area contributed by atoms with Crippen molar-refractivity contribution < 1.29 is 9.51 Å². The van der Waals surface area contributed by atoms with Crippen molar-refractivity contribution in [2.24, 2.45) is 11.8 Å². The number of hydrogen-bond donors (Lipinski definition) is 2. The summed E-state index contributed by atoms with van der Waals surface area (Å²) in [5.74, 6) is 9.64. The van der Waals surface area contributed by atoms with Gasteiger partial charge >= 0.3 is 7.12 Å². The van der Waals surface area contributed by atoms with E-state index in [0.717, 1.165) is 19.2 Å². The second-order valence-electron chi connectivity index (χ2n) is 1.84. The first-order valence-corrected chi connectivity index (χ1v) is 3.06. The lowest BCUT2D eigenvalue weighted by Crippen LogP contribution is -2.28. The highest BCUT2D eigenvalue weighted by Gasteiger charge is 2.13. The number of rotatable bonds is 5. The van der Waals surface area contributed by atoms with Gasteiger partial charge in [0.2, 0.25) is 0 Å². The lowest BCUT2D eigenvalue weighted by molar-refractivity contribution is 0.203. The Kier molecular flexibility index (Phi) is 5.97. The van der Waals surface area contributed by atoms with Gasteiger partial charge in [0.1, 0.15) is 0 Å². The molecule has 0 heterocycles. The Morgan fingerprint density at radius 3 is 2.22 bits per heavy atom. The van der Waals surface area contributed by atoms with E-state index in [2.05, 4.69) is 16.4 Å². The highest BCUT2D eigenvalue weighted by molar-refractivity contribution is 6.43. The summed E-state index contributed by atoms with van der Waals surface area (Å²) < 4.78 is 8.71. The van der Waals surface area contributed by atoms with E-state index in [4.69, 9.17) is 11.8 Å². The first-order valence-electron chi connectivity index (χ1n) is 3.06. The van der Waals surface area contributed by atoms with E-state index in [0.29, 0.717) is 0 Å². The van der Waals surface area contributed by atoms with Crippen molar-refractivity contribution in [1.29, 1.82) is 0 Å². The third kappa shape index (κ3) is 4.41. The van der Waals surface area contributed by atoms with Crippen LogP contribution >= 0.6 is 0 Å². The maximum atomic E-state index is 4.82. The van der Waals surface area contributed by atoms with Crippen molar-refractivity contribution in [1.82, 2.24) is 0 Å². The quantitative estimate of drug-likeness (QED) is 0.409. The molecule has 0 radical (unpaired) electrons. The van der Waals surface area contributed by atoms with E-state index in [-0.39, 0.29) is 0 Å². The van der Waals surface area contributed by atoms with Gasteiger partial charge in [-0.25, -0.2) is 11.8 Å². The van der Waals surface area contributed by atoms with Gasteiger partial charge in [0.15, 0.2) is 0 Å². The molecule has 4 nitrogen and oxygen atoms in total. The molecule has 0 saturated heterocycles. The molecule has 0 aromatic rings.